The zero-order chi connectivity index (χ0) is 24.0. The van der Waals surface area contributed by atoms with E-state index in [1.165, 1.54) is 26.2 Å². The van der Waals surface area contributed by atoms with E-state index in [1.807, 2.05) is 6.92 Å². The fourth-order valence-corrected chi connectivity index (χ4v) is 4.37. The van der Waals surface area contributed by atoms with Gasteiger partial charge in [-0.2, -0.15) is 0 Å². The largest absolute Gasteiger partial charge is 0.494 e. The molecule has 0 saturated carbocycles. The molecule has 0 radical (unpaired) electrons. The van der Waals surface area contributed by atoms with Crippen LogP contribution >= 0.6 is 24.0 Å². The van der Waals surface area contributed by atoms with Gasteiger partial charge in [-0.15, -0.1) is 0 Å². The number of nitrogens with zero attached hydrogens (tertiary/aromatic N) is 1. The van der Waals surface area contributed by atoms with Crippen molar-refractivity contribution < 1.29 is 28.5 Å². The lowest BCUT2D eigenvalue weighted by molar-refractivity contribution is -0.126. The smallest absolute Gasteiger partial charge is 0.266 e. The maximum atomic E-state index is 12.9. The van der Waals surface area contributed by atoms with Crippen LogP contribution in [-0.2, 0) is 9.59 Å². The summed E-state index contributed by atoms with van der Waals surface area (Å²) in [4.78, 5) is 27.1. The Kier molecular flexibility index (Phi) is 8.18. The molecule has 0 aliphatic carbocycles. The molecule has 33 heavy (non-hydrogen) atoms. The van der Waals surface area contributed by atoms with Gasteiger partial charge in [0.05, 0.1) is 32.8 Å². The van der Waals surface area contributed by atoms with Crippen LogP contribution < -0.4 is 24.3 Å². The Morgan fingerprint density at radius 3 is 2.27 bits per heavy atom. The van der Waals surface area contributed by atoms with Gasteiger partial charge in [-0.1, -0.05) is 24.0 Å². The Labute approximate surface area is 201 Å². The Morgan fingerprint density at radius 1 is 1.09 bits per heavy atom. The van der Waals surface area contributed by atoms with E-state index in [9.17, 15) is 9.59 Å². The molecule has 1 aliphatic heterocycles. The average molecular weight is 489 g/mol. The van der Waals surface area contributed by atoms with E-state index in [0.29, 0.717) is 50.1 Å². The summed E-state index contributed by atoms with van der Waals surface area (Å²) in [6, 6.07) is 10.5. The number of nitrogens with one attached hydrogen (secondary N) is 1. The van der Waals surface area contributed by atoms with E-state index >= 15 is 0 Å². The molecule has 0 spiro atoms. The lowest BCUT2D eigenvalue weighted by atomic mass is 10.1. The van der Waals surface area contributed by atoms with Gasteiger partial charge in [0.1, 0.15) is 16.6 Å². The minimum Gasteiger partial charge on any atom is -0.494 e. The number of hydrogen-bond donors (Lipinski definition) is 1. The third-order valence-corrected chi connectivity index (χ3v) is 5.99. The molecular weight excluding hydrogens is 464 g/mol. The van der Waals surface area contributed by atoms with Gasteiger partial charge >= 0.3 is 0 Å². The summed E-state index contributed by atoms with van der Waals surface area (Å²) >= 11 is 6.47. The minimum atomic E-state index is -0.357. The van der Waals surface area contributed by atoms with Gasteiger partial charge in [0.2, 0.25) is 11.7 Å². The molecule has 1 fully saturated rings. The van der Waals surface area contributed by atoms with Crippen LogP contribution in [0.4, 0.5) is 5.69 Å². The molecule has 8 nitrogen and oxygen atoms in total. The number of anilines is 1. The zero-order valence-electron chi connectivity index (χ0n) is 18.7. The maximum Gasteiger partial charge on any atom is 0.266 e. The van der Waals surface area contributed by atoms with Crippen molar-refractivity contribution in [2.24, 2.45) is 0 Å². The molecule has 10 heteroatoms. The van der Waals surface area contributed by atoms with Crippen molar-refractivity contribution in [2.45, 2.75) is 6.92 Å². The highest BCUT2D eigenvalue weighted by atomic mass is 32.2. The molecule has 0 atom stereocenters. The molecule has 1 N–H and O–H groups in total. The molecule has 3 rings (SSSR count). The predicted molar refractivity (Wildman–Crippen MR) is 132 cm³/mol. The molecule has 2 aromatic carbocycles. The van der Waals surface area contributed by atoms with E-state index in [-0.39, 0.29) is 18.4 Å². The fourth-order valence-electron chi connectivity index (χ4n) is 3.12. The van der Waals surface area contributed by atoms with E-state index in [1.54, 1.807) is 42.5 Å². The summed E-state index contributed by atoms with van der Waals surface area (Å²) in [6.07, 6.45) is 1.67. The van der Waals surface area contributed by atoms with Crippen LogP contribution in [0.1, 0.15) is 12.5 Å². The Bertz CT molecular complexity index is 1060. The number of carbonyl (C=O) groups is 2. The lowest BCUT2D eigenvalue weighted by Crippen LogP contribution is -2.36. The second-order valence-electron chi connectivity index (χ2n) is 6.73. The lowest BCUT2D eigenvalue weighted by Gasteiger charge is -2.14. The molecule has 2 aromatic rings. The Morgan fingerprint density at radius 2 is 1.73 bits per heavy atom. The monoisotopic (exact) mass is 488 g/mol. The van der Waals surface area contributed by atoms with Gasteiger partial charge in [0.15, 0.2) is 11.5 Å². The summed E-state index contributed by atoms with van der Waals surface area (Å²) < 4.78 is 21.7. The molecule has 174 valence electrons. The molecule has 2 amide bonds. The molecule has 0 bridgehead atoms. The van der Waals surface area contributed by atoms with E-state index < -0.39 is 0 Å². The SMILES string of the molecule is CCOc1ccc(NC(=O)CN2C(=O)/C(=C\c3cc(OC)c(OC)c(OC)c3)SC2=S)cc1. The molecular formula is C23H24N2O6S2. The first-order valence-electron chi connectivity index (χ1n) is 9.98. The molecule has 1 aliphatic rings. The number of rotatable bonds is 9. The summed E-state index contributed by atoms with van der Waals surface area (Å²) in [5.41, 5.74) is 1.27. The first kappa shape index (κ1) is 24.4. The molecule has 0 aromatic heterocycles. The van der Waals surface area contributed by atoms with Gasteiger partial charge < -0.3 is 24.3 Å². The van der Waals surface area contributed by atoms with E-state index in [2.05, 4.69) is 5.32 Å². The van der Waals surface area contributed by atoms with E-state index in [0.717, 1.165) is 11.8 Å². The van der Waals surface area contributed by atoms with Crippen LogP contribution in [0.2, 0.25) is 0 Å². The van der Waals surface area contributed by atoms with Crippen molar-refractivity contribution in [3.8, 4) is 23.0 Å². The van der Waals surface area contributed by atoms with Crippen molar-refractivity contribution in [1.82, 2.24) is 4.90 Å². The van der Waals surface area contributed by atoms with Gasteiger partial charge in [-0.3, -0.25) is 14.5 Å². The summed E-state index contributed by atoms with van der Waals surface area (Å²) in [6.45, 7) is 2.27. The van der Waals surface area contributed by atoms with Crippen LogP contribution in [0.25, 0.3) is 6.08 Å². The van der Waals surface area contributed by atoms with Crippen LogP contribution in [-0.4, -0.2) is 55.5 Å². The Balaban J connectivity index is 1.72. The number of hydrogen-bond acceptors (Lipinski definition) is 8. The third-order valence-electron chi connectivity index (χ3n) is 4.61. The van der Waals surface area contributed by atoms with Gasteiger partial charge in [0, 0.05) is 5.69 Å². The fraction of sp³-hybridized carbons (Fsp3) is 0.261. The maximum absolute atomic E-state index is 12.9. The first-order chi connectivity index (χ1) is 15.9. The van der Waals surface area contributed by atoms with Crippen molar-refractivity contribution in [1.29, 1.82) is 0 Å². The molecule has 1 saturated heterocycles. The molecule has 0 unspecified atom stereocenters. The van der Waals surface area contributed by atoms with Gasteiger partial charge in [-0.05, 0) is 55.0 Å². The van der Waals surface area contributed by atoms with Crippen LogP contribution in [0.5, 0.6) is 23.0 Å². The van der Waals surface area contributed by atoms with Gasteiger partial charge in [-0.25, -0.2) is 0 Å². The topological polar surface area (TPSA) is 86.3 Å². The normalized spacial score (nSPS) is 14.4. The van der Waals surface area contributed by atoms with Crippen molar-refractivity contribution in [3.63, 3.8) is 0 Å². The number of amides is 2. The van der Waals surface area contributed by atoms with Gasteiger partial charge in [0.25, 0.3) is 5.91 Å². The third kappa shape index (κ3) is 5.77. The highest BCUT2D eigenvalue weighted by Crippen LogP contribution is 2.40. The molecule has 1 heterocycles. The quantitative estimate of drug-likeness (QED) is 0.420. The second kappa shape index (κ2) is 11.1. The summed E-state index contributed by atoms with van der Waals surface area (Å²) in [7, 11) is 4.55. The van der Waals surface area contributed by atoms with Crippen molar-refractivity contribution >= 4 is 51.9 Å². The highest BCUT2D eigenvalue weighted by molar-refractivity contribution is 8.26. The number of thioether (sulfide) groups is 1. The number of methoxy groups -OCH3 is 3. The number of benzene rings is 2. The van der Waals surface area contributed by atoms with Crippen LogP contribution in [0.3, 0.4) is 0 Å². The predicted octanol–water partition coefficient (Wildman–Crippen LogP) is 3.95. The summed E-state index contributed by atoms with van der Waals surface area (Å²) in [5.74, 6) is 1.40. The van der Waals surface area contributed by atoms with Crippen molar-refractivity contribution in [3.05, 3.63) is 46.9 Å². The zero-order valence-corrected chi connectivity index (χ0v) is 20.3. The van der Waals surface area contributed by atoms with E-state index in [4.69, 9.17) is 31.2 Å². The highest BCUT2D eigenvalue weighted by Gasteiger charge is 2.33. The standard InChI is InChI=1S/C23H24N2O6S2/c1-5-31-16-8-6-15(7-9-16)24-20(26)13-25-22(27)19(33-23(25)32)12-14-10-17(28-2)21(30-4)18(11-14)29-3/h6-12H,5,13H2,1-4H3,(H,24,26)/b19-12+. The minimum absolute atomic E-state index is 0.190. The number of thiocarbonyl (C=S) groups is 1. The number of carbonyl (C=O) groups excluding carboxylic acids is 2. The van der Waals surface area contributed by atoms with Crippen molar-refractivity contribution in [2.75, 3.05) is 39.8 Å². The number of ether oxygens (including phenoxy) is 4. The average Bonchev–Trinajstić information content (AvgIpc) is 3.07. The Hall–Kier alpha value is -3.24. The van der Waals surface area contributed by atoms with Crippen LogP contribution in [0, 0.1) is 0 Å². The first-order valence-corrected chi connectivity index (χ1v) is 11.2. The summed E-state index contributed by atoms with van der Waals surface area (Å²) in [5, 5.41) is 2.76. The second-order valence-corrected chi connectivity index (χ2v) is 8.41. The van der Waals surface area contributed by atoms with Crippen LogP contribution in [0.15, 0.2) is 41.3 Å².